The molecule has 18 heavy (non-hydrogen) atoms. The Morgan fingerprint density at radius 1 is 1.39 bits per heavy atom. The summed E-state index contributed by atoms with van der Waals surface area (Å²) in [5, 5.41) is 2.88. The smallest absolute Gasteiger partial charge is 0.251 e. The number of carbonyl (C=O) groups is 2. The van der Waals surface area contributed by atoms with E-state index < -0.39 is 0 Å². The fourth-order valence-corrected chi connectivity index (χ4v) is 2.76. The van der Waals surface area contributed by atoms with Crippen LogP contribution in [0.25, 0.3) is 0 Å². The quantitative estimate of drug-likeness (QED) is 0.870. The van der Waals surface area contributed by atoms with Crippen molar-refractivity contribution in [3.63, 3.8) is 0 Å². The molecule has 0 atom stereocenters. The van der Waals surface area contributed by atoms with Crippen molar-refractivity contribution in [3.05, 3.63) is 28.8 Å². The fourth-order valence-electron chi connectivity index (χ4n) is 2.76. The lowest BCUT2D eigenvalue weighted by Gasteiger charge is -2.10. The summed E-state index contributed by atoms with van der Waals surface area (Å²) in [6.07, 6.45) is 2.23. The van der Waals surface area contributed by atoms with Gasteiger partial charge < -0.3 is 10.2 Å². The Kier molecular flexibility index (Phi) is 2.58. The number of nitrogens with one attached hydrogen (secondary N) is 1. The number of hydrogen-bond acceptors (Lipinski definition) is 2. The molecule has 0 radical (unpaired) electrons. The molecular formula is C14H16N2O2. The second kappa shape index (κ2) is 4.12. The highest BCUT2D eigenvalue weighted by atomic mass is 16.2. The summed E-state index contributed by atoms with van der Waals surface area (Å²) >= 11 is 0. The summed E-state index contributed by atoms with van der Waals surface area (Å²) in [5.41, 5.74) is 3.90. The molecule has 0 fully saturated rings. The van der Waals surface area contributed by atoms with Crippen molar-refractivity contribution in [1.29, 1.82) is 0 Å². The normalized spacial score (nSPS) is 16.1. The van der Waals surface area contributed by atoms with Gasteiger partial charge in [0.15, 0.2) is 0 Å². The third-order valence-electron chi connectivity index (χ3n) is 3.58. The minimum Gasteiger partial charge on any atom is -0.352 e. The molecule has 1 aromatic carbocycles. The van der Waals surface area contributed by atoms with E-state index in [0.29, 0.717) is 18.5 Å². The standard InChI is InChI=1S/C14H16N2O2/c1-2-4-15-14(18)11-6-9-3-5-16-12(17)8-10(7-11)13(9)16/h6-7H,2-5,8H2,1H3,(H,15,18). The topological polar surface area (TPSA) is 49.4 Å². The van der Waals surface area contributed by atoms with E-state index in [1.807, 2.05) is 24.0 Å². The van der Waals surface area contributed by atoms with Gasteiger partial charge in [-0.15, -0.1) is 0 Å². The van der Waals surface area contributed by atoms with Gasteiger partial charge >= 0.3 is 0 Å². The third-order valence-corrected chi connectivity index (χ3v) is 3.58. The molecule has 0 aliphatic carbocycles. The molecule has 4 heteroatoms. The SMILES string of the molecule is CCCNC(=O)c1cc2c3c(c1)CC(=O)N3CC2. The lowest BCUT2D eigenvalue weighted by molar-refractivity contribution is -0.117. The van der Waals surface area contributed by atoms with Crippen molar-refractivity contribution in [3.8, 4) is 0 Å². The molecule has 4 nitrogen and oxygen atoms in total. The van der Waals surface area contributed by atoms with E-state index in [4.69, 9.17) is 0 Å². The second-order valence-corrected chi connectivity index (χ2v) is 4.87. The molecule has 3 rings (SSSR count). The van der Waals surface area contributed by atoms with E-state index in [0.717, 1.165) is 36.2 Å². The van der Waals surface area contributed by atoms with Gasteiger partial charge in [0.05, 0.1) is 12.1 Å². The van der Waals surface area contributed by atoms with Crippen LogP contribution < -0.4 is 10.2 Å². The summed E-state index contributed by atoms with van der Waals surface area (Å²) in [5.74, 6) is 0.128. The fraction of sp³-hybridized carbons (Fsp3) is 0.429. The number of rotatable bonds is 3. The molecule has 2 aliphatic heterocycles. The highest BCUT2D eigenvalue weighted by Gasteiger charge is 2.34. The second-order valence-electron chi connectivity index (χ2n) is 4.87. The summed E-state index contributed by atoms with van der Waals surface area (Å²) in [6.45, 7) is 3.48. The van der Waals surface area contributed by atoms with E-state index in [1.54, 1.807) is 0 Å². The van der Waals surface area contributed by atoms with Gasteiger partial charge in [-0.2, -0.15) is 0 Å². The first kappa shape index (κ1) is 11.3. The Labute approximate surface area is 106 Å². The molecule has 1 N–H and O–H groups in total. The Hall–Kier alpha value is -1.84. The largest absolute Gasteiger partial charge is 0.352 e. The summed E-state index contributed by atoms with van der Waals surface area (Å²) < 4.78 is 0. The third kappa shape index (κ3) is 1.60. The van der Waals surface area contributed by atoms with E-state index >= 15 is 0 Å². The number of amides is 2. The molecule has 2 aliphatic rings. The molecule has 1 aromatic rings. The monoisotopic (exact) mass is 244 g/mol. The van der Waals surface area contributed by atoms with Crippen LogP contribution in [0.2, 0.25) is 0 Å². The summed E-state index contributed by atoms with van der Waals surface area (Å²) in [7, 11) is 0. The molecule has 0 bridgehead atoms. The van der Waals surface area contributed by atoms with Gasteiger partial charge in [0.1, 0.15) is 0 Å². The van der Waals surface area contributed by atoms with Crippen molar-refractivity contribution in [2.24, 2.45) is 0 Å². The Morgan fingerprint density at radius 2 is 2.17 bits per heavy atom. The van der Waals surface area contributed by atoms with E-state index in [-0.39, 0.29) is 11.8 Å². The van der Waals surface area contributed by atoms with Crippen molar-refractivity contribution in [2.45, 2.75) is 26.2 Å². The zero-order valence-corrected chi connectivity index (χ0v) is 10.5. The molecule has 0 spiro atoms. The van der Waals surface area contributed by atoms with E-state index in [1.165, 1.54) is 0 Å². The van der Waals surface area contributed by atoms with Gasteiger partial charge in [0.2, 0.25) is 5.91 Å². The van der Waals surface area contributed by atoms with Crippen LogP contribution in [-0.2, 0) is 17.6 Å². The number of anilines is 1. The highest BCUT2D eigenvalue weighted by molar-refractivity contribution is 6.05. The maximum Gasteiger partial charge on any atom is 0.251 e. The molecule has 0 aromatic heterocycles. The average Bonchev–Trinajstić information content (AvgIpc) is 2.92. The zero-order valence-electron chi connectivity index (χ0n) is 10.5. The first-order valence-electron chi connectivity index (χ1n) is 6.45. The molecule has 2 heterocycles. The summed E-state index contributed by atoms with van der Waals surface area (Å²) in [6, 6.07) is 3.80. The maximum absolute atomic E-state index is 12.0. The van der Waals surface area contributed by atoms with Gasteiger partial charge in [0, 0.05) is 18.7 Å². The Morgan fingerprint density at radius 3 is 2.94 bits per heavy atom. The van der Waals surface area contributed by atoms with Crippen LogP contribution in [0.15, 0.2) is 12.1 Å². The van der Waals surface area contributed by atoms with Crippen molar-refractivity contribution < 1.29 is 9.59 Å². The van der Waals surface area contributed by atoms with Gasteiger partial charge in [0.25, 0.3) is 5.91 Å². The van der Waals surface area contributed by atoms with Crippen LogP contribution in [0.4, 0.5) is 5.69 Å². The number of benzene rings is 1. The van der Waals surface area contributed by atoms with Gasteiger partial charge in [-0.05, 0) is 36.1 Å². The zero-order chi connectivity index (χ0) is 12.7. The highest BCUT2D eigenvalue weighted by Crippen LogP contribution is 2.38. The molecule has 0 saturated carbocycles. The average molecular weight is 244 g/mol. The van der Waals surface area contributed by atoms with Crippen LogP contribution in [0.5, 0.6) is 0 Å². The van der Waals surface area contributed by atoms with Crippen LogP contribution in [-0.4, -0.2) is 24.9 Å². The first-order valence-corrected chi connectivity index (χ1v) is 6.45. The van der Waals surface area contributed by atoms with Gasteiger partial charge in [-0.1, -0.05) is 6.92 Å². The van der Waals surface area contributed by atoms with E-state index in [9.17, 15) is 9.59 Å². The molecule has 2 amide bonds. The van der Waals surface area contributed by atoms with Crippen LogP contribution in [0.3, 0.4) is 0 Å². The van der Waals surface area contributed by atoms with Crippen LogP contribution in [0, 0.1) is 0 Å². The molecule has 0 saturated heterocycles. The van der Waals surface area contributed by atoms with Crippen molar-refractivity contribution >= 4 is 17.5 Å². The molecular weight excluding hydrogens is 228 g/mol. The van der Waals surface area contributed by atoms with Crippen molar-refractivity contribution in [2.75, 3.05) is 18.0 Å². The lowest BCUT2D eigenvalue weighted by atomic mass is 10.0. The predicted molar refractivity (Wildman–Crippen MR) is 68.8 cm³/mol. The lowest BCUT2D eigenvalue weighted by Crippen LogP contribution is -2.24. The van der Waals surface area contributed by atoms with Gasteiger partial charge in [-0.3, -0.25) is 9.59 Å². The molecule has 0 unspecified atom stereocenters. The minimum atomic E-state index is -0.0336. The Balaban J connectivity index is 1.95. The minimum absolute atomic E-state index is 0.0336. The number of nitrogens with zero attached hydrogens (tertiary/aromatic N) is 1. The van der Waals surface area contributed by atoms with Crippen molar-refractivity contribution in [1.82, 2.24) is 5.32 Å². The van der Waals surface area contributed by atoms with Crippen LogP contribution in [0.1, 0.15) is 34.8 Å². The number of hydrogen-bond donors (Lipinski definition) is 1. The predicted octanol–water partition coefficient (Wildman–Crippen LogP) is 1.27. The summed E-state index contributed by atoms with van der Waals surface area (Å²) in [4.78, 5) is 25.6. The van der Waals surface area contributed by atoms with Crippen LogP contribution >= 0.6 is 0 Å². The van der Waals surface area contributed by atoms with E-state index in [2.05, 4.69) is 5.32 Å². The molecule has 94 valence electrons. The maximum atomic E-state index is 12.0. The van der Waals surface area contributed by atoms with Gasteiger partial charge in [-0.25, -0.2) is 0 Å². The number of carbonyl (C=O) groups excluding carboxylic acids is 2. The first-order chi connectivity index (χ1) is 8.70. The Bertz CT molecular complexity index is 537.